The van der Waals surface area contributed by atoms with Gasteiger partial charge < -0.3 is 10.2 Å². The SMILES string of the molecule is O=Ic1ccc(C(=O)O)c(C(=O)O)c1S(=O)(=O)O. The van der Waals surface area contributed by atoms with Gasteiger partial charge in [0.1, 0.15) is 4.90 Å². The number of halogens is 1. The molecule has 0 atom stereocenters. The normalized spacial score (nSPS) is 11.2. The molecule has 10 heteroatoms. The highest BCUT2D eigenvalue weighted by molar-refractivity contribution is 14.1. The molecule has 0 aliphatic rings. The van der Waals surface area contributed by atoms with Gasteiger partial charge in [-0.2, -0.15) is 8.42 Å². The van der Waals surface area contributed by atoms with Gasteiger partial charge in [-0.15, -0.1) is 0 Å². The lowest BCUT2D eigenvalue weighted by Gasteiger charge is -2.08. The molecule has 98 valence electrons. The molecule has 0 radical (unpaired) electrons. The number of carboxylic acid groups (broad SMARTS) is 2. The van der Waals surface area contributed by atoms with Crippen LogP contribution in [0, 0.1) is 3.57 Å². The summed E-state index contributed by atoms with van der Waals surface area (Å²) in [7, 11) is -4.99. The van der Waals surface area contributed by atoms with Crippen LogP contribution in [-0.2, 0) is 13.2 Å². The smallest absolute Gasteiger partial charge is 0.338 e. The van der Waals surface area contributed by atoms with E-state index in [1.807, 2.05) is 0 Å². The summed E-state index contributed by atoms with van der Waals surface area (Å²) in [5.74, 6) is -3.52. The average Bonchev–Trinajstić information content (AvgIpc) is 2.25. The third-order valence-corrected chi connectivity index (χ3v) is 4.57. The van der Waals surface area contributed by atoms with Gasteiger partial charge in [-0.3, -0.25) is 7.62 Å². The van der Waals surface area contributed by atoms with E-state index in [4.69, 9.17) is 14.8 Å². The molecule has 0 aliphatic heterocycles. The van der Waals surface area contributed by atoms with E-state index in [-0.39, 0.29) is 0 Å². The van der Waals surface area contributed by atoms with Crippen molar-refractivity contribution < 1.29 is 35.8 Å². The van der Waals surface area contributed by atoms with Gasteiger partial charge in [0.25, 0.3) is 10.1 Å². The van der Waals surface area contributed by atoms with Crippen molar-refractivity contribution in [3.63, 3.8) is 0 Å². The number of carboxylic acids is 2. The van der Waals surface area contributed by atoms with E-state index in [9.17, 15) is 21.1 Å². The minimum absolute atomic E-state index is 0.404. The van der Waals surface area contributed by atoms with E-state index in [0.717, 1.165) is 12.1 Å². The fourth-order valence-electron chi connectivity index (χ4n) is 1.26. The van der Waals surface area contributed by atoms with Gasteiger partial charge in [-0.05, 0) is 12.1 Å². The predicted molar refractivity (Wildman–Crippen MR) is 63.6 cm³/mol. The second kappa shape index (κ2) is 5.07. The molecule has 1 aromatic carbocycles. The number of hydrogen-bond acceptors (Lipinski definition) is 5. The highest BCUT2D eigenvalue weighted by Crippen LogP contribution is 2.27. The largest absolute Gasteiger partial charge is 0.478 e. The number of rotatable bonds is 4. The Balaban J connectivity index is 3.94. The Hall–Kier alpha value is -1.40. The van der Waals surface area contributed by atoms with E-state index in [0.29, 0.717) is 0 Å². The van der Waals surface area contributed by atoms with Crippen molar-refractivity contribution in [2.45, 2.75) is 4.90 Å². The zero-order valence-electron chi connectivity index (χ0n) is 8.32. The van der Waals surface area contributed by atoms with Crippen LogP contribution in [-0.4, -0.2) is 35.1 Å². The van der Waals surface area contributed by atoms with Gasteiger partial charge in [-0.1, -0.05) is 0 Å². The van der Waals surface area contributed by atoms with Crippen molar-refractivity contribution >= 4 is 43.2 Å². The van der Waals surface area contributed by atoms with E-state index < -0.39 is 62.8 Å². The zero-order valence-corrected chi connectivity index (χ0v) is 11.3. The summed E-state index contributed by atoms with van der Waals surface area (Å²) in [6, 6.07) is 1.73. The Morgan fingerprint density at radius 3 is 2.00 bits per heavy atom. The molecule has 3 N–H and O–H groups in total. The predicted octanol–water partition coefficient (Wildman–Crippen LogP) is 0.816. The Bertz CT molecular complexity index is 647. The summed E-state index contributed by atoms with van der Waals surface area (Å²) in [5.41, 5.74) is -1.91. The van der Waals surface area contributed by atoms with Gasteiger partial charge in [0.2, 0.25) is 0 Å². The quantitative estimate of drug-likeness (QED) is 0.508. The molecule has 8 nitrogen and oxygen atoms in total. The maximum absolute atomic E-state index is 11.1. The molecule has 0 bridgehead atoms. The Labute approximate surface area is 111 Å². The number of benzene rings is 1. The van der Waals surface area contributed by atoms with Crippen LogP contribution in [0.2, 0.25) is 0 Å². The first kappa shape index (κ1) is 14.7. The number of carbonyl (C=O) groups is 2. The van der Waals surface area contributed by atoms with Crippen LogP contribution < -0.4 is 0 Å². The van der Waals surface area contributed by atoms with Crippen LogP contribution in [0.15, 0.2) is 17.0 Å². The molecule has 0 saturated heterocycles. The van der Waals surface area contributed by atoms with Crippen LogP contribution in [0.25, 0.3) is 0 Å². The molecule has 18 heavy (non-hydrogen) atoms. The summed E-state index contributed by atoms with van der Waals surface area (Å²) < 4.78 is 41.6. The third-order valence-electron chi connectivity index (χ3n) is 1.89. The van der Waals surface area contributed by atoms with Crippen molar-refractivity contribution in [1.29, 1.82) is 0 Å². The molecule has 0 aliphatic carbocycles. The van der Waals surface area contributed by atoms with Crippen LogP contribution in [0.3, 0.4) is 0 Å². The molecule has 0 fully saturated rings. The van der Waals surface area contributed by atoms with Crippen molar-refractivity contribution in [1.82, 2.24) is 0 Å². The molecule has 1 aromatic rings. The van der Waals surface area contributed by atoms with E-state index in [1.165, 1.54) is 0 Å². The molecule has 0 heterocycles. The van der Waals surface area contributed by atoms with Crippen molar-refractivity contribution in [2.75, 3.05) is 0 Å². The van der Waals surface area contributed by atoms with Gasteiger partial charge in [0.05, 0.1) is 14.7 Å². The maximum atomic E-state index is 11.1. The van der Waals surface area contributed by atoms with Crippen LogP contribution in [0.4, 0.5) is 0 Å². The van der Waals surface area contributed by atoms with E-state index >= 15 is 0 Å². The van der Waals surface area contributed by atoms with Crippen molar-refractivity contribution in [2.24, 2.45) is 0 Å². The molecule has 0 spiro atoms. The first-order valence-electron chi connectivity index (χ1n) is 4.08. The van der Waals surface area contributed by atoms with Gasteiger partial charge >= 0.3 is 11.9 Å². The fraction of sp³-hybridized carbons (Fsp3) is 0. The van der Waals surface area contributed by atoms with Gasteiger partial charge in [0, 0.05) is 0 Å². The molecular formula is C8H5IO8S. The fourth-order valence-corrected chi connectivity index (χ4v) is 3.87. The maximum Gasteiger partial charge on any atom is 0.338 e. The second-order valence-electron chi connectivity index (χ2n) is 2.96. The van der Waals surface area contributed by atoms with E-state index in [2.05, 4.69) is 0 Å². The standard InChI is InChI=1S/C8H5IO8S/c10-7(11)3-1-2-4(9-14)6(18(15,16)17)5(3)8(12)13/h1-2H,(H,10,11)(H,12,13)(H,15,16,17). The number of aromatic carboxylic acids is 2. The molecule has 0 saturated carbocycles. The minimum atomic E-state index is -4.99. The summed E-state index contributed by atoms with van der Waals surface area (Å²) in [6.07, 6.45) is 0. The van der Waals surface area contributed by atoms with E-state index in [1.54, 1.807) is 0 Å². The zero-order chi connectivity index (χ0) is 14.1. The molecule has 0 aromatic heterocycles. The van der Waals surface area contributed by atoms with Gasteiger partial charge in [-0.25, -0.2) is 9.59 Å². The van der Waals surface area contributed by atoms with Crippen molar-refractivity contribution in [3.8, 4) is 0 Å². The third kappa shape index (κ3) is 2.70. The first-order chi connectivity index (χ1) is 8.20. The lowest BCUT2D eigenvalue weighted by atomic mass is 10.1. The van der Waals surface area contributed by atoms with Crippen LogP contribution in [0.1, 0.15) is 20.7 Å². The molecule has 0 amide bonds. The monoisotopic (exact) mass is 388 g/mol. The lowest BCUT2D eigenvalue weighted by molar-refractivity contribution is 0.0648. The summed E-state index contributed by atoms with van der Waals surface area (Å²) in [4.78, 5) is 20.6. The summed E-state index contributed by atoms with van der Waals surface area (Å²) in [5, 5.41) is 17.6. The number of hydrogen-bond donors (Lipinski definition) is 3. The topological polar surface area (TPSA) is 146 Å². The average molecular weight is 388 g/mol. The molecule has 1 rings (SSSR count). The highest BCUT2D eigenvalue weighted by Gasteiger charge is 2.30. The highest BCUT2D eigenvalue weighted by atomic mass is 127. The molecular weight excluding hydrogens is 383 g/mol. The van der Waals surface area contributed by atoms with Crippen LogP contribution in [0.5, 0.6) is 0 Å². The summed E-state index contributed by atoms with van der Waals surface area (Å²) >= 11 is -2.10. The van der Waals surface area contributed by atoms with Crippen molar-refractivity contribution in [3.05, 3.63) is 26.8 Å². The summed E-state index contributed by atoms with van der Waals surface area (Å²) in [6.45, 7) is 0. The Kier molecular flexibility index (Phi) is 4.13. The van der Waals surface area contributed by atoms with Gasteiger partial charge in [0.15, 0.2) is 21.2 Å². The minimum Gasteiger partial charge on any atom is -0.478 e. The van der Waals surface area contributed by atoms with Crippen LogP contribution >= 0.6 is 21.2 Å². The second-order valence-corrected chi connectivity index (χ2v) is 5.92. The first-order valence-corrected chi connectivity index (χ1v) is 7.48. The lowest BCUT2D eigenvalue weighted by Crippen LogP contribution is -2.16. The Morgan fingerprint density at radius 2 is 1.67 bits per heavy atom. The Morgan fingerprint density at radius 1 is 1.11 bits per heavy atom. The molecule has 0 unspecified atom stereocenters.